The van der Waals surface area contributed by atoms with Crippen molar-refractivity contribution >= 4 is 12.4 Å². The molecule has 2 aromatic carbocycles. The Morgan fingerprint density at radius 2 is 1.04 bits per heavy atom. The molecular weight excluding hydrogens is 364 g/mol. The molecule has 5 heteroatoms. The van der Waals surface area contributed by atoms with Gasteiger partial charge in [-0.2, -0.15) is 0 Å². The van der Waals surface area contributed by atoms with E-state index in [2.05, 4.69) is 9.98 Å². The molecule has 1 radical (unpaired) electrons. The second-order valence-corrected chi connectivity index (χ2v) is 6.14. The number of para-hydroxylation sites is 2. The van der Waals surface area contributed by atoms with E-state index in [0.29, 0.717) is 23.6 Å². The normalized spacial score (nSPS) is 16.3. The Kier molecular flexibility index (Phi) is 7.23. The number of aromatic hydroxyl groups is 2. The van der Waals surface area contributed by atoms with Crippen LogP contribution in [-0.4, -0.2) is 34.7 Å². The predicted octanol–water partition coefficient (Wildman–Crippen LogP) is 3.94. The minimum absolute atomic E-state index is 0. The molecule has 0 atom stereocenters. The summed E-state index contributed by atoms with van der Waals surface area (Å²) in [5, 5.41) is 18.7. The van der Waals surface area contributed by atoms with Crippen molar-refractivity contribution in [2.45, 2.75) is 37.8 Å². The first kappa shape index (κ1) is 19.2. The summed E-state index contributed by atoms with van der Waals surface area (Å²) in [7, 11) is 0. The zero-order valence-corrected chi connectivity index (χ0v) is 14.8. The summed E-state index contributed by atoms with van der Waals surface area (Å²) in [5.74, 6) is 0.615. The molecule has 0 spiro atoms. The van der Waals surface area contributed by atoms with Crippen LogP contribution < -0.4 is 0 Å². The standard InChI is InChI=1S/2C10H11NO.Cu/c2*12-10-4-2-1-3-8(10)7-11-9-5-6-9;/h2*1-4,7,9,12H,5-6H2;. The maximum atomic E-state index is 9.35. The van der Waals surface area contributed by atoms with Crippen LogP contribution in [0.2, 0.25) is 0 Å². The van der Waals surface area contributed by atoms with Crippen LogP contribution in [0.4, 0.5) is 0 Å². The van der Waals surface area contributed by atoms with Gasteiger partial charge in [0.05, 0.1) is 12.1 Å². The molecule has 0 aromatic heterocycles. The van der Waals surface area contributed by atoms with Gasteiger partial charge in [0.15, 0.2) is 0 Å². The molecule has 0 unspecified atom stereocenters. The first-order valence-electron chi connectivity index (χ1n) is 8.35. The van der Waals surface area contributed by atoms with E-state index >= 15 is 0 Å². The molecule has 2 saturated carbocycles. The van der Waals surface area contributed by atoms with E-state index in [0.717, 1.165) is 11.1 Å². The van der Waals surface area contributed by atoms with E-state index in [1.165, 1.54) is 25.7 Å². The maximum absolute atomic E-state index is 9.35. The number of hydrogen-bond acceptors (Lipinski definition) is 4. The van der Waals surface area contributed by atoms with Crippen LogP contribution in [0.3, 0.4) is 0 Å². The average molecular weight is 386 g/mol. The maximum Gasteiger partial charge on any atom is 0.124 e. The fourth-order valence-electron chi connectivity index (χ4n) is 2.01. The van der Waals surface area contributed by atoms with Crippen molar-refractivity contribution in [1.29, 1.82) is 0 Å². The van der Waals surface area contributed by atoms with Crippen LogP contribution in [0.15, 0.2) is 58.5 Å². The number of phenols is 2. The van der Waals surface area contributed by atoms with Gasteiger partial charge >= 0.3 is 0 Å². The summed E-state index contributed by atoms with van der Waals surface area (Å²) in [5.41, 5.74) is 1.62. The molecule has 2 aliphatic carbocycles. The van der Waals surface area contributed by atoms with E-state index in [1.807, 2.05) is 36.4 Å². The SMILES string of the molecule is Oc1ccccc1C=NC1CC1.Oc1ccccc1C=NC1CC1.[Cu]. The quantitative estimate of drug-likeness (QED) is 0.618. The van der Waals surface area contributed by atoms with Gasteiger partial charge in [-0.3, -0.25) is 9.98 Å². The summed E-state index contributed by atoms with van der Waals surface area (Å²) < 4.78 is 0. The van der Waals surface area contributed by atoms with Gasteiger partial charge in [-0.15, -0.1) is 0 Å². The molecule has 0 amide bonds. The first-order chi connectivity index (χ1) is 11.7. The third-order valence-electron chi connectivity index (χ3n) is 3.82. The summed E-state index contributed by atoms with van der Waals surface area (Å²) in [4.78, 5) is 8.56. The molecule has 0 aliphatic heterocycles. The van der Waals surface area contributed by atoms with E-state index in [1.54, 1.807) is 24.6 Å². The van der Waals surface area contributed by atoms with Crippen molar-refractivity contribution in [3.63, 3.8) is 0 Å². The fraction of sp³-hybridized carbons (Fsp3) is 0.300. The van der Waals surface area contributed by atoms with Crippen LogP contribution in [0.1, 0.15) is 36.8 Å². The molecule has 25 heavy (non-hydrogen) atoms. The molecule has 4 rings (SSSR count). The topological polar surface area (TPSA) is 65.2 Å². The van der Waals surface area contributed by atoms with Gasteiger partial charge in [-0.25, -0.2) is 0 Å². The number of hydrogen-bond donors (Lipinski definition) is 2. The molecule has 2 aliphatic rings. The number of nitrogens with zero attached hydrogens (tertiary/aromatic N) is 2. The van der Waals surface area contributed by atoms with Gasteiger partial charge < -0.3 is 10.2 Å². The number of rotatable bonds is 4. The second kappa shape index (κ2) is 9.40. The van der Waals surface area contributed by atoms with Crippen LogP contribution >= 0.6 is 0 Å². The molecule has 0 heterocycles. The van der Waals surface area contributed by atoms with E-state index < -0.39 is 0 Å². The van der Waals surface area contributed by atoms with Crippen molar-refractivity contribution < 1.29 is 27.3 Å². The van der Waals surface area contributed by atoms with E-state index in [4.69, 9.17) is 0 Å². The van der Waals surface area contributed by atoms with Crippen molar-refractivity contribution in [3.05, 3.63) is 59.7 Å². The Bertz CT molecular complexity index is 674. The first-order valence-corrected chi connectivity index (χ1v) is 8.35. The Labute approximate surface area is 158 Å². The van der Waals surface area contributed by atoms with Crippen LogP contribution in [0, 0.1) is 0 Å². The fourth-order valence-corrected chi connectivity index (χ4v) is 2.01. The molecular formula is C20H22CuN2O2. The van der Waals surface area contributed by atoms with Crippen LogP contribution in [-0.2, 0) is 17.1 Å². The molecule has 0 saturated heterocycles. The summed E-state index contributed by atoms with van der Waals surface area (Å²) in [6.45, 7) is 0. The van der Waals surface area contributed by atoms with Crippen LogP contribution in [0.5, 0.6) is 11.5 Å². The Hall–Kier alpha value is -2.10. The number of phenolic OH excluding ortho intramolecular Hbond substituents is 2. The summed E-state index contributed by atoms with van der Waals surface area (Å²) in [6, 6.07) is 15.5. The molecule has 2 aromatic rings. The minimum Gasteiger partial charge on any atom is -0.507 e. The van der Waals surface area contributed by atoms with Crippen molar-refractivity contribution in [1.82, 2.24) is 0 Å². The van der Waals surface area contributed by atoms with E-state index in [-0.39, 0.29) is 17.1 Å². The Morgan fingerprint density at radius 1 is 0.680 bits per heavy atom. The molecule has 2 fully saturated rings. The van der Waals surface area contributed by atoms with Gasteiger partial charge in [-0.05, 0) is 49.9 Å². The van der Waals surface area contributed by atoms with Crippen molar-refractivity contribution in [2.75, 3.05) is 0 Å². The van der Waals surface area contributed by atoms with Gasteiger partial charge in [0, 0.05) is 40.6 Å². The third-order valence-corrected chi connectivity index (χ3v) is 3.82. The molecule has 2 N–H and O–H groups in total. The smallest absolute Gasteiger partial charge is 0.124 e. The second-order valence-electron chi connectivity index (χ2n) is 6.14. The van der Waals surface area contributed by atoms with Gasteiger partial charge in [0.25, 0.3) is 0 Å². The third kappa shape index (κ3) is 6.73. The van der Waals surface area contributed by atoms with E-state index in [9.17, 15) is 10.2 Å². The number of aliphatic imine (C=N–C) groups is 2. The minimum atomic E-state index is 0. The molecule has 135 valence electrons. The monoisotopic (exact) mass is 385 g/mol. The van der Waals surface area contributed by atoms with Crippen molar-refractivity contribution in [2.24, 2.45) is 9.98 Å². The van der Waals surface area contributed by atoms with Crippen LogP contribution in [0.25, 0.3) is 0 Å². The van der Waals surface area contributed by atoms with Gasteiger partial charge in [-0.1, -0.05) is 24.3 Å². The average Bonchev–Trinajstić information content (AvgIpc) is 3.48. The summed E-state index contributed by atoms with van der Waals surface area (Å²) in [6.07, 6.45) is 8.31. The molecule has 4 nitrogen and oxygen atoms in total. The van der Waals surface area contributed by atoms with Gasteiger partial charge in [0.1, 0.15) is 11.5 Å². The van der Waals surface area contributed by atoms with Gasteiger partial charge in [0.2, 0.25) is 0 Å². The summed E-state index contributed by atoms with van der Waals surface area (Å²) >= 11 is 0. The molecule has 0 bridgehead atoms. The zero-order valence-electron chi connectivity index (χ0n) is 13.8. The Balaban J connectivity index is 0.000000173. The predicted molar refractivity (Wildman–Crippen MR) is 97.4 cm³/mol. The Morgan fingerprint density at radius 3 is 1.36 bits per heavy atom. The van der Waals surface area contributed by atoms with Crippen molar-refractivity contribution in [3.8, 4) is 11.5 Å². The largest absolute Gasteiger partial charge is 0.507 e. The number of benzene rings is 2. The zero-order chi connectivity index (χ0) is 16.8.